The number of nitrogens with zero attached hydrogens (tertiary/aromatic N) is 2. The fourth-order valence-corrected chi connectivity index (χ4v) is 1.61. The van der Waals surface area contributed by atoms with Crippen LogP contribution in [0.3, 0.4) is 0 Å². The van der Waals surface area contributed by atoms with Crippen LogP contribution in [0.25, 0.3) is 0 Å². The summed E-state index contributed by atoms with van der Waals surface area (Å²) in [4.78, 5) is 25.5. The van der Waals surface area contributed by atoms with Gasteiger partial charge in [-0.3, -0.25) is 4.79 Å². The minimum absolute atomic E-state index is 0.101. The molecule has 2 amide bonds. The van der Waals surface area contributed by atoms with Crippen molar-refractivity contribution in [3.05, 3.63) is 0 Å². The summed E-state index contributed by atoms with van der Waals surface area (Å²) in [6, 6.07) is 0. The Balaban J connectivity index is 2.27. The third-order valence-corrected chi connectivity index (χ3v) is 2.68. The maximum atomic E-state index is 11.9. The van der Waals surface area contributed by atoms with E-state index in [0.717, 1.165) is 0 Å². The van der Waals surface area contributed by atoms with Crippen molar-refractivity contribution in [1.29, 1.82) is 0 Å². The zero-order chi connectivity index (χ0) is 14.5. The maximum absolute atomic E-state index is 11.9. The molecule has 1 rings (SSSR count). The van der Waals surface area contributed by atoms with Gasteiger partial charge in [0, 0.05) is 26.2 Å². The van der Waals surface area contributed by atoms with Crippen molar-refractivity contribution in [2.24, 2.45) is 5.73 Å². The molecule has 110 valence electrons. The van der Waals surface area contributed by atoms with Gasteiger partial charge in [-0.2, -0.15) is 13.2 Å². The fraction of sp³-hybridized carbons (Fsp3) is 0.800. The topological polar surface area (TPSA) is 75.9 Å². The van der Waals surface area contributed by atoms with Crippen molar-refractivity contribution in [3.8, 4) is 0 Å². The Labute approximate surface area is 108 Å². The van der Waals surface area contributed by atoms with Crippen LogP contribution >= 0.6 is 0 Å². The number of nitrogens with two attached hydrogens (primary N) is 1. The number of carbonyl (C=O) groups is 2. The van der Waals surface area contributed by atoms with Gasteiger partial charge in [0.2, 0.25) is 5.91 Å². The number of amides is 2. The van der Waals surface area contributed by atoms with Crippen molar-refractivity contribution in [2.75, 3.05) is 39.3 Å². The normalized spacial score (nSPS) is 16.4. The van der Waals surface area contributed by atoms with E-state index in [0.29, 0.717) is 13.1 Å². The summed E-state index contributed by atoms with van der Waals surface area (Å²) < 4.78 is 40.1. The third kappa shape index (κ3) is 5.33. The second-order valence-electron chi connectivity index (χ2n) is 4.05. The SMILES string of the molecule is NCC(=O)N1CCN(C(=O)OCCC(F)(F)F)CC1. The first-order valence-electron chi connectivity index (χ1n) is 5.80. The summed E-state index contributed by atoms with van der Waals surface area (Å²) in [6.07, 6.45) is -6.29. The summed E-state index contributed by atoms with van der Waals surface area (Å²) >= 11 is 0. The highest BCUT2D eigenvalue weighted by molar-refractivity contribution is 5.78. The Morgan fingerprint density at radius 3 is 2.11 bits per heavy atom. The summed E-state index contributed by atoms with van der Waals surface area (Å²) in [7, 11) is 0. The van der Waals surface area contributed by atoms with Crippen LogP contribution in [0.15, 0.2) is 0 Å². The first kappa shape index (κ1) is 15.5. The molecule has 1 aliphatic rings. The van der Waals surface area contributed by atoms with E-state index in [2.05, 4.69) is 4.74 Å². The van der Waals surface area contributed by atoms with Crippen LogP contribution in [0.5, 0.6) is 0 Å². The molecular formula is C10H16F3N3O3. The molecule has 1 saturated heterocycles. The van der Waals surface area contributed by atoms with Gasteiger partial charge in [0.05, 0.1) is 13.0 Å². The van der Waals surface area contributed by atoms with Crippen LogP contribution in [0.1, 0.15) is 6.42 Å². The molecule has 0 aromatic carbocycles. The molecule has 6 nitrogen and oxygen atoms in total. The highest BCUT2D eigenvalue weighted by Crippen LogP contribution is 2.19. The Morgan fingerprint density at radius 1 is 1.11 bits per heavy atom. The Hall–Kier alpha value is -1.51. The van der Waals surface area contributed by atoms with Gasteiger partial charge in [-0.1, -0.05) is 0 Å². The van der Waals surface area contributed by atoms with E-state index in [1.165, 1.54) is 9.80 Å². The van der Waals surface area contributed by atoms with Crippen molar-refractivity contribution >= 4 is 12.0 Å². The molecule has 0 unspecified atom stereocenters. The predicted octanol–water partition coefficient (Wildman–Crippen LogP) is 0.178. The lowest BCUT2D eigenvalue weighted by Gasteiger charge is -2.33. The molecule has 0 aromatic heterocycles. The maximum Gasteiger partial charge on any atom is 0.409 e. The summed E-state index contributed by atoms with van der Waals surface area (Å²) in [6.45, 7) is 0.294. The lowest BCUT2D eigenvalue weighted by Crippen LogP contribution is -2.52. The monoisotopic (exact) mass is 283 g/mol. The minimum atomic E-state index is -4.34. The molecule has 0 aromatic rings. The van der Waals surface area contributed by atoms with Gasteiger partial charge in [0.15, 0.2) is 0 Å². The molecule has 19 heavy (non-hydrogen) atoms. The number of ether oxygens (including phenoxy) is 1. The number of halogens is 3. The highest BCUT2D eigenvalue weighted by Gasteiger charge is 2.29. The molecule has 1 aliphatic heterocycles. The van der Waals surface area contributed by atoms with Crippen LogP contribution < -0.4 is 5.73 Å². The number of carbonyl (C=O) groups excluding carboxylic acids is 2. The van der Waals surface area contributed by atoms with Crippen LogP contribution in [-0.2, 0) is 9.53 Å². The molecule has 0 atom stereocenters. The van der Waals surface area contributed by atoms with Crippen LogP contribution in [0, 0.1) is 0 Å². The number of hydrogen-bond donors (Lipinski definition) is 1. The van der Waals surface area contributed by atoms with Gasteiger partial charge in [-0.15, -0.1) is 0 Å². The van der Waals surface area contributed by atoms with Gasteiger partial charge in [-0.05, 0) is 0 Å². The van der Waals surface area contributed by atoms with E-state index in [1.54, 1.807) is 0 Å². The number of alkyl halides is 3. The van der Waals surface area contributed by atoms with Gasteiger partial charge in [0.25, 0.3) is 0 Å². The smallest absolute Gasteiger partial charge is 0.409 e. The zero-order valence-corrected chi connectivity index (χ0v) is 10.3. The van der Waals surface area contributed by atoms with Crippen LogP contribution in [-0.4, -0.2) is 67.3 Å². The largest absolute Gasteiger partial charge is 0.449 e. The number of hydrogen-bond acceptors (Lipinski definition) is 4. The fourth-order valence-electron chi connectivity index (χ4n) is 1.61. The first-order valence-corrected chi connectivity index (χ1v) is 5.80. The molecule has 1 fully saturated rings. The quantitative estimate of drug-likeness (QED) is 0.801. The minimum Gasteiger partial charge on any atom is -0.449 e. The Bertz CT molecular complexity index is 328. The molecule has 0 radical (unpaired) electrons. The summed E-state index contributed by atoms with van der Waals surface area (Å²) in [5, 5.41) is 0. The van der Waals surface area contributed by atoms with E-state index in [9.17, 15) is 22.8 Å². The van der Waals surface area contributed by atoms with Gasteiger partial charge in [-0.25, -0.2) is 4.79 Å². The van der Waals surface area contributed by atoms with Gasteiger partial charge >= 0.3 is 12.3 Å². The van der Waals surface area contributed by atoms with Crippen LogP contribution in [0.4, 0.5) is 18.0 Å². The second-order valence-corrected chi connectivity index (χ2v) is 4.05. The van der Waals surface area contributed by atoms with Crippen molar-refractivity contribution in [3.63, 3.8) is 0 Å². The third-order valence-electron chi connectivity index (χ3n) is 2.68. The number of piperazine rings is 1. The van der Waals surface area contributed by atoms with Crippen molar-refractivity contribution in [1.82, 2.24) is 9.80 Å². The van der Waals surface area contributed by atoms with Gasteiger partial charge < -0.3 is 20.3 Å². The van der Waals surface area contributed by atoms with Crippen molar-refractivity contribution in [2.45, 2.75) is 12.6 Å². The second kappa shape index (κ2) is 6.60. The first-order chi connectivity index (χ1) is 8.83. The van der Waals surface area contributed by atoms with E-state index in [1.807, 2.05) is 0 Å². The van der Waals surface area contributed by atoms with Crippen LogP contribution in [0.2, 0.25) is 0 Å². The van der Waals surface area contributed by atoms with E-state index in [-0.39, 0.29) is 25.5 Å². The molecule has 1 heterocycles. The zero-order valence-electron chi connectivity index (χ0n) is 10.3. The summed E-state index contributed by atoms with van der Waals surface area (Å²) in [5.41, 5.74) is 5.20. The van der Waals surface area contributed by atoms with E-state index in [4.69, 9.17) is 5.73 Å². The average Bonchev–Trinajstić information content (AvgIpc) is 2.36. The predicted molar refractivity (Wildman–Crippen MR) is 59.2 cm³/mol. The standard InChI is InChI=1S/C10H16F3N3O3/c11-10(12,13)1-6-19-9(18)16-4-2-15(3-5-16)8(17)7-14/h1-7,14H2. The van der Waals surface area contributed by atoms with Crippen molar-refractivity contribution < 1.29 is 27.5 Å². The lowest BCUT2D eigenvalue weighted by atomic mass is 10.3. The molecule has 0 aliphatic carbocycles. The molecule has 2 N–H and O–H groups in total. The average molecular weight is 283 g/mol. The molecule has 0 saturated carbocycles. The van der Waals surface area contributed by atoms with E-state index >= 15 is 0 Å². The van der Waals surface area contributed by atoms with E-state index < -0.39 is 25.3 Å². The Kier molecular flexibility index (Phi) is 5.40. The van der Waals surface area contributed by atoms with Gasteiger partial charge in [0.1, 0.15) is 6.61 Å². The highest BCUT2D eigenvalue weighted by atomic mass is 19.4. The molecule has 0 spiro atoms. The summed E-state index contributed by atoms with van der Waals surface area (Å²) in [5.74, 6) is -0.218. The number of rotatable bonds is 3. The molecule has 0 bridgehead atoms. The molecule has 9 heteroatoms. The lowest BCUT2D eigenvalue weighted by molar-refractivity contribution is -0.142. The Morgan fingerprint density at radius 2 is 1.63 bits per heavy atom. The molecular weight excluding hydrogens is 267 g/mol.